The monoisotopic (exact) mass is 348 g/mol. The first kappa shape index (κ1) is 18.5. The Morgan fingerprint density at radius 1 is 1.28 bits per heavy atom. The lowest BCUT2D eigenvalue weighted by Gasteiger charge is -2.28. The molecule has 7 heteroatoms. The van der Waals surface area contributed by atoms with Gasteiger partial charge in [-0.15, -0.1) is 0 Å². The number of aliphatic hydroxyl groups is 1. The molecule has 3 N–H and O–H groups in total. The van der Waals surface area contributed by atoms with Gasteiger partial charge in [-0.05, 0) is 24.6 Å². The summed E-state index contributed by atoms with van der Waals surface area (Å²) in [5, 5.41) is 28.3. The molecule has 0 amide bonds. The number of esters is 1. The van der Waals surface area contributed by atoms with Crippen molar-refractivity contribution in [1.29, 1.82) is 0 Å². The largest absolute Gasteiger partial charge is 0.508 e. The van der Waals surface area contributed by atoms with E-state index >= 15 is 0 Å². The Bertz CT molecular complexity index is 688. The Kier molecular flexibility index (Phi) is 6.19. The number of aliphatic hydroxyl groups excluding tert-OH is 1. The van der Waals surface area contributed by atoms with E-state index in [0.29, 0.717) is 12.0 Å². The fourth-order valence-corrected chi connectivity index (χ4v) is 2.59. The fraction of sp³-hybridized carbons (Fsp3) is 0.333. The van der Waals surface area contributed by atoms with Crippen LogP contribution in [0.1, 0.15) is 18.9 Å². The van der Waals surface area contributed by atoms with Gasteiger partial charge in [-0.3, -0.25) is 4.79 Å². The standard InChI is InChI=1S/C18H20O7/c1-2-13-14(15(17(21)22)10-25-18(13)23)9-16(20)24-8-7-11-3-5-12(19)6-4-11/h2-6,10,14,18-19,23H,7-9H2,1H3,(H,21,22)/b13-2+. The quantitative estimate of drug-likeness (QED) is 0.530. The zero-order valence-corrected chi connectivity index (χ0v) is 13.7. The van der Waals surface area contributed by atoms with Crippen LogP contribution in [0.2, 0.25) is 0 Å². The molecule has 0 saturated carbocycles. The van der Waals surface area contributed by atoms with Crippen molar-refractivity contribution in [3.63, 3.8) is 0 Å². The summed E-state index contributed by atoms with van der Waals surface area (Å²) >= 11 is 0. The van der Waals surface area contributed by atoms with Crippen LogP contribution in [-0.4, -0.2) is 40.2 Å². The molecule has 0 radical (unpaired) electrons. The van der Waals surface area contributed by atoms with Gasteiger partial charge in [-0.2, -0.15) is 0 Å². The van der Waals surface area contributed by atoms with Gasteiger partial charge in [0.05, 0.1) is 24.9 Å². The SMILES string of the molecule is C/C=C1/C(O)OC=C(C(=O)O)C1CC(=O)OCCc1ccc(O)cc1. The average Bonchev–Trinajstić information content (AvgIpc) is 2.56. The molecule has 1 aromatic carbocycles. The first-order chi connectivity index (χ1) is 11.9. The Labute approximate surface area is 144 Å². The van der Waals surface area contributed by atoms with Crippen LogP contribution in [0.3, 0.4) is 0 Å². The van der Waals surface area contributed by atoms with Gasteiger partial charge in [0.15, 0.2) is 0 Å². The Hall–Kier alpha value is -2.80. The molecule has 1 aromatic rings. The molecule has 1 aliphatic rings. The number of hydrogen-bond acceptors (Lipinski definition) is 6. The molecule has 1 aliphatic heterocycles. The van der Waals surface area contributed by atoms with E-state index in [2.05, 4.69) is 0 Å². The third kappa shape index (κ3) is 4.84. The van der Waals surface area contributed by atoms with Crippen molar-refractivity contribution >= 4 is 11.9 Å². The van der Waals surface area contributed by atoms with Gasteiger partial charge >= 0.3 is 11.9 Å². The topological polar surface area (TPSA) is 113 Å². The Morgan fingerprint density at radius 3 is 2.56 bits per heavy atom. The van der Waals surface area contributed by atoms with E-state index in [1.807, 2.05) is 0 Å². The number of aromatic hydroxyl groups is 1. The normalized spacial score (nSPS) is 21.4. The maximum Gasteiger partial charge on any atom is 0.335 e. The number of phenolic OH excluding ortho intramolecular Hbond substituents is 1. The number of carbonyl (C=O) groups is 2. The minimum Gasteiger partial charge on any atom is -0.508 e. The van der Waals surface area contributed by atoms with E-state index in [4.69, 9.17) is 9.47 Å². The number of carboxylic acid groups (broad SMARTS) is 1. The van der Waals surface area contributed by atoms with Crippen LogP contribution in [-0.2, 0) is 25.5 Å². The number of carbonyl (C=O) groups excluding carboxylic acids is 1. The molecular weight excluding hydrogens is 328 g/mol. The van der Waals surface area contributed by atoms with Crippen molar-refractivity contribution in [3.8, 4) is 5.75 Å². The maximum absolute atomic E-state index is 12.1. The van der Waals surface area contributed by atoms with Crippen LogP contribution >= 0.6 is 0 Å². The second-order valence-electron chi connectivity index (χ2n) is 5.55. The smallest absolute Gasteiger partial charge is 0.335 e. The van der Waals surface area contributed by atoms with E-state index in [1.54, 1.807) is 31.2 Å². The van der Waals surface area contributed by atoms with Crippen molar-refractivity contribution in [2.24, 2.45) is 5.92 Å². The molecule has 2 unspecified atom stereocenters. The van der Waals surface area contributed by atoms with Gasteiger partial charge in [0.2, 0.25) is 6.29 Å². The van der Waals surface area contributed by atoms with Gasteiger partial charge in [0.1, 0.15) is 5.75 Å². The summed E-state index contributed by atoms with van der Waals surface area (Å²) in [7, 11) is 0. The van der Waals surface area contributed by atoms with Crippen molar-refractivity contribution in [3.05, 3.63) is 53.3 Å². The highest BCUT2D eigenvalue weighted by atomic mass is 16.6. The number of allylic oxidation sites excluding steroid dienone is 1. The minimum absolute atomic E-state index is 0.103. The van der Waals surface area contributed by atoms with E-state index in [-0.39, 0.29) is 24.4 Å². The lowest BCUT2D eigenvalue weighted by Crippen LogP contribution is -2.30. The highest BCUT2D eigenvalue weighted by Crippen LogP contribution is 2.32. The van der Waals surface area contributed by atoms with E-state index < -0.39 is 24.1 Å². The Morgan fingerprint density at radius 2 is 1.96 bits per heavy atom. The molecule has 2 rings (SSSR count). The zero-order valence-electron chi connectivity index (χ0n) is 13.7. The molecule has 0 spiro atoms. The first-order valence-electron chi connectivity index (χ1n) is 7.79. The maximum atomic E-state index is 12.1. The molecule has 134 valence electrons. The molecular formula is C18H20O7. The molecule has 0 aliphatic carbocycles. The molecule has 0 saturated heterocycles. The van der Waals surface area contributed by atoms with Crippen LogP contribution < -0.4 is 0 Å². The van der Waals surface area contributed by atoms with E-state index in [1.165, 1.54) is 6.08 Å². The zero-order chi connectivity index (χ0) is 18.4. The van der Waals surface area contributed by atoms with Crippen LogP contribution in [0.15, 0.2) is 47.7 Å². The van der Waals surface area contributed by atoms with Gasteiger partial charge in [0.25, 0.3) is 0 Å². The van der Waals surface area contributed by atoms with Gasteiger partial charge in [-0.1, -0.05) is 18.2 Å². The number of ether oxygens (including phenoxy) is 2. The lowest BCUT2D eigenvalue weighted by atomic mass is 9.86. The molecule has 0 bridgehead atoms. The predicted octanol–water partition coefficient (Wildman–Crippen LogP) is 1.75. The highest BCUT2D eigenvalue weighted by Gasteiger charge is 2.34. The average molecular weight is 348 g/mol. The molecule has 1 heterocycles. The number of phenols is 1. The third-order valence-corrected chi connectivity index (χ3v) is 3.93. The fourth-order valence-electron chi connectivity index (χ4n) is 2.59. The van der Waals surface area contributed by atoms with Crippen LogP contribution in [0.25, 0.3) is 0 Å². The number of rotatable bonds is 6. The third-order valence-electron chi connectivity index (χ3n) is 3.93. The minimum atomic E-state index is -1.28. The summed E-state index contributed by atoms with van der Waals surface area (Å²) in [6.07, 6.45) is 1.50. The summed E-state index contributed by atoms with van der Waals surface area (Å²) in [5.41, 5.74) is 1.11. The second-order valence-corrected chi connectivity index (χ2v) is 5.55. The van der Waals surface area contributed by atoms with E-state index in [0.717, 1.165) is 11.8 Å². The van der Waals surface area contributed by atoms with Crippen molar-refractivity contribution in [1.82, 2.24) is 0 Å². The van der Waals surface area contributed by atoms with Crippen molar-refractivity contribution in [2.45, 2.75) is 26.1 Å². The van der Waals surface area contributed by atoms with Gasteiger partial charge in [-0.25, -0.2) is 4.79 Å². The molecule has 2 atom stereocenters. The van der Waals surface area contributed by atoms with Crippen LogP contribution in [0, 0.1) is 5.92 Å². The summed E-state index contributed by atoms with van der Waals surface area (Å²) in [6, 6.07) is 6.54. The lowest BCUT2D eigenvalue weighted by molar-refractivity contribution is -0.144. The van der Waals surface area contributed by atoms with Crippen LogP contribution in [0.5, 0.6) is 5.75 Å². The second kappa shape index (κ2) is 8.34. The number of hydrogen-bond donors (Lipinski definition) is 3. The Balaban J connectivity index is 1.95. The molecule has 0 aromatic heterocycles. The van der Waals surface area contributed by atoms with E-state index in [9.17, 15) is 24.9 Å². The molecule has 7 nitrogen and oxygen atoms in total. The van der Waals surface area contributed by atoms with Crippen molar-refractivity contribution < 1.29 is 34.4 Å². The number of aliphatic carboxylic acids is 1. The van der Waals surface area contributed by atoms with Gasteiger partial charge < -0.3 is 24.8 Å². The first-order valence-corrected chi connectivity index (χ1v) is 7.79. The predicted molar refractivity (Wildman–Crippen MR) is 87.4 cm³/mol. The summed E-state index contributed by atoms with van der Waals surface area (Å²) in [4.78, 5) is 23.4. The summed E-state index contributed by atoms with van der Waals surface area (Å²) in [5.74, 6) is -2.42. The van der Waals surface area contributed by atoms with Crippen LogP contribution in [0.4, 0.5) is 0 Å². The number of benzene rings is 1. The highest BCUT2D eigenvalue weighted by molar-refractivity contribution is 5.89. The summed E-state index contributed by atoms with van der Waals surface area (Å²) < 4.78 is 10.1. The number of carboxylic acids is 1. The summed E-state index contributed by atoms with van der Waals surface area (Å²) in [6.45, 7) is 1.77. The molecule has 0 fully saturated rings. The molecule has 25 heavy (non-hydrogen) atoms. The van der Waals surface area contributed by atoms with Gasteiger partial charge in [0, 0.05) is 17.9 Å². The van der Waals surface area contributed by atoms with Crippen molar-refractivity contribution in [2.75, 3.05) is 6.61 Å².